The second-order valence-electron chi connectivity index (χ2n) is 1.89. The molecular weight excluding hydrogens is 246 g/mol. The van der Waals surface area contributed by atoms with Crippen LogP contribution in [0.25, 0.3) is 0 Å². The van der Waals surface area contributed by atoms with Crippen molar-refractivity contribution < 1.29 is 78.9 Å². The monoisotopic (exact) mass is 254 g/mol. The molecule has 4 nitrogen and oxygen atoms in total. The molecule has 0 aliphatic heterocycles. The van der Waals surface area contributed by atoms with E-state index in [1.54, 1.807) is 0 Å². The molecule has 0 fully saturated rings. The minimum absolute atomic E-state index is 0. The molecule has 0 saturated carbocycles. The van der Waals surface area contributed by atoms with Gasteiger partial charge in [0, 0.05) is 23.4 Å². The molecule has 0 aromatic carbocycles. The molecule has 0 aliphatic rings. The zero-order valence-electron chi connectivity index (χ0n) is 8.28. The molecule has 0 radical (unpaired) electrons. The van der Waals surface area contributed by atoms with E-state index in [1.807, 2.05) is 0 Å². The predicted molar refractivity (Wildman–Crippen MR) is 44.2 cm³/mol. The molecule has 0 aromatic heterocycles. The number of hydrogen-bond donors (Lipinski definition) is 0. The fraction of sp³-hybridized carbons (Fsp3) is 0.667. The van der Waals surface area contributed by atoms with E-state index in [0.717, 1.165) is 0 Å². The van der Waals surface area contributed by atoms with E-state index in [9.17, 15) is 19.8 Å². The van der Waals surface area contributed by atoms with Crippen LogP contribution in [0.1, 0.15) is 12.8 Å². The van der Waals surface area contributed by atoms with Crippen LogP contribution in [0.4, 0.5) is 0 Å². The average Bonchev–Trinajstić information content (AvgIpc) is 1.95. The summed E-state index contributed by atoms with van der Waals surface area (Å²) in [5, 5.41) is 19.8. The topological polar surface area (TPSA) is 80.3 Å². The van der Waals surface area contributed by atoms with Crippen molar-refractivity contribution in [3.63, 3.8) is 0 Å². The van der Waals surface area contributed by atoms with Gasteiger partial charge in [0.25, 0.3) is 0 Å². The quantitative estimate of drug-likeness (QED) is 0.255. The molecule has 14 heavy (non-hydrogen) atoms. The minimum Gasteiger partial charge on any atom is -0.550 e. The van der Waals surface area contributed by atoms with Crippen LogP contribution in [0.15, 0.2) is 0 Å². The second-order valence-corrected chi connectivity index (χ2v) is 4.59. The first-order valence-electron chi connectivity index (χ1n) is 3.27. The summed E-state index contributed by atoms with van der Waals surface area (Å²) in [4.78, 5) is 19.8. The third-order valence-corrected chi connectivity index (χ3v) is 3.27. The molecule has 70 valence electrons. The van der Waals surface area contributed by atoms with Crippen molar-refractivity contribution >= 4 is 33.5 Å². The van der Waals surface area contributed by atoms with Gasteiger partial charge in [0.05, 0.1) is 0 Å². The smallest absolute Gasteiger partial charge is 0.550 e. The first-order chi connectivity index (χ1) is 5.63. The molecule has 0 amide bonds. The number of aliphatic carboxylic acids is 2. The molecule has 8 heteroatoms. The third-order valence-electron chi connectivity index (χ3n) is 0.862. The van der Waals surface area contributed by atoms with Crippen LogP contribution in [0.5, 0.6) is 0 Å². The maximum absolute atomic E-state index is 9.90. The van der Waals surface area contributed by atoms with Crippen molar-refractivity contribution in [1.29, 1.82) is 0 Å². The Morgan fingerprint density at radius 3 is 1.36 bits per heavy atom. The largest absolute Gasteiger partial charge is 1.00 e. The van der Waals surface area contributed by atoms with Crippen molar-refractivity contribution in [2.45, 2.75) is 12.8 Å². The number of carboxylic acid groups (broad SMARTS) is 2. The van der Waals surface area contributed by atoms with Gasteiger partial charge in [-0.3, -0.25) is 0 Å². The van der Waals surface area contributed by atoms with Crippen LogP contribution >= 0.6 is 21.6 Å². The van der Waals surface area contributed by atoms with Gasteiger partial charge in [0.1, 0.15) is 0 Å². The van der Waals surface area contributed by atoms with Crippen molar-refractivity contribution in [2.75, 3.05) is 11.5 Å². The second kappa shape index (κ2) is 14.6. The summed E-state index contributed by atoms with van der Waals surface area (Å²) in [5.74, 6) is -1.27. The molecule has 0 atom stereocenters. The number of hydrogen-bond acceptors (Lipinski definition) is 6. The molecule has 0 unspecified atom stereocenters. The van der Waals surface area contributed by atoms with Crippen LogP contribution in [0.2, 0.25) is 0 Å². The molecular formula is C6H8Na2O4S2. The van der Waals surface area contributed by atoms with Crippen LogP contribution in [0.3, 0.4) is 0 Å². The number of carbonyl (C=O) groups is 2. The minimum atomic E-state index is -1.08. The number of carboxylic acids is 2. The Hall–Kier alpha value is 1.64. The Morgan fingerprint density at radius 1 is 0.857 bits per heavy atom. The van der Waals surface area contributed by atoms with E-state index in [4.69, 9.17) is 0 Å². The zero-order chi connectivity index (χ0) is 9.40. The van der Waals surface area contributed by atoms with E-state index >= 15 is 0 Å². The van der Waals surface area contributed by atoms with Crippen molar-refractivity contribution in [1.82, 2.24) is 0 Å². The van der Waals surface area contributed by atoms with Gasteiger partial charge in [-0.1, -0.05) is 21.6 Å². The van der Waals surface area contributed by atoms with Crippen LogP contribution < -0.4 is 69.3 Å². The summed E-state index contributed by atoms with van der Waals surface area (Å²) in [6.45, 7) is 0. The molecule has 0 saturated heterocycles. The Bertz CT molecular complexity index is 150. The van der Waals surface area contributed by atoms with Crippen molar-refractivity contribution in [3.8, 4) is 0 Å². The van der Waals surface area contributed by atoms with E-state index < -0.39 is 11.9 Å². The Labute approximate surface area is 135 Å². The maximum Gasteiger partial charge on any atom is 1.00 e. The van der Waals surface area contributed by atoms with Gasteiger partial charge < -0.3 is 19.8 Å². The molecule has 0 aromatic rings. The van der Waals surface area contributed by atoms with Crippen LogP contribution in [-0.4, -0.2) is 23.4 Å². The normalized spacial score (nSPS) is 8.29. The van der Waals surface area contributed by atoms with Crippen molar-refractivity contribution in [3.05, 3.63) is 0 Å². The van der Waals surface area contributed by atoms with Crippen LogP contribution in [0, 0.1) is 0 Å². The SMILES string of the molecule is O=C([O-])CCSSCCC(=O)[O-].[Na+].[Na+]. The summed E-state index contributed by atoms with van der Waals surface area (Å²) in [7, 11) is 2.66. The standard InChI is InChI=1S/C6H10O4S2.2Na/c7-5(8)1-3-11-12-4-2-6(9)10;;/h1-4H2,(H,7,8)(H,9,10);;/q;2*+1/p-2. The van der Waals surface area contributed by atoms with Gasteiger partial charge in [-0.15, -0.1) is 0 Å². The Balaban J connectivity index is -0.000000605. The summed E-state index contributed by atoms with van der Waals surface area (Å²) in [6.07, 6.45) is 0.00593. The average molecular weight is 254 g/mol. The molecule has 0 N–H and O–H groups in total. The summed E-state index contributed by atoms with van der Waals surface area (Å²) >= 11 is 0. The summed E-state index contributed by atoms with van der Waals surface area (Å²) < 4.78 is 0. The first kappa shape index (κ1) is 21.0. The summed E-state index contributed by atoms with van der Waals surface area (Å²) in [5.41, 5.74) is 0. The van der Waals surface area contributed by atoms with Crippen LogP contribution in [-0.2, 0) is 9.59 Å². The first-order valence-corrected chi connectivity index (χ1v) is 5.76. The Kier molecular flexibility index (Phi) is 21.9. The molecule has 0 aliphatic carbocycles. The zero-order valence-corrected chi connectivity index (χ0v) is 13.9. The van der Waals surface area contributed by atoms with Crippen molar-refractivity contribution in [2.24, 2.45) is 0 Å². The molecule has 0 spiro atoms. The van der Waals surface area contributed by atoms with Gasteiger partial charge in [0.15, 0.2) is 0 Å². The fourth-order valence-corrected chi connectivity index (χ4v) is 2.31. The fourth-order valence-electron chi connectivity index (χ4n) is 0.368. The molecule has 0 heterocycles. The molecule has 0 rings (SSSR count). The van der Waals surface area contributed by atoms with Gasteiger partial charge in [0.2, 0.25) is 0 Å². The third kappa shape index (κ3) is 19.2. The predicted octanol–water partition coefficient (Wildman–Crippen LogP) is -7.34. The van der Waals surface area contributed by atoms with E-state index in [-0.39, 0.29) is 72.0 Å². The van der Waals surface area contributed by atoms with Gasteiger partial charge in [-0.25, -0.2) is 0 Å². The summed E-state index contributed by atoms with van der Waals surface area (Å²) in [6, 6.07) is 0. The van der Waals surface area contributed by atoms with E-state index in [2.05, 4.69) is 0 Å². The van der Waals surface area contributed by atoms with Gasteiger partial charge in [-0.05, 0) is 12.8 Å². The Morgan fingerprint density at radius 2 is 1.14 bits per heavy atom. The van der Waals surface area contributed by atoms with Gasteiger partial charge in [-0.2, -0.15) is 0 Å². The molecule has 0 bridgehead atoms. The number of carbonyl (C=O) groups excluding carboxylic acids is 2. The number of rotatable bonds is 7. The maximum atomic E-state index is 9.90. The van der Waals surface area contributed by atoms with E-state index in [0.29, 0.717) is 11.5 Å². The van der Waals surface area contributed by atoms with E-state index in [1.165, 1.54) is 21.6 Å². The van der Waals surface area contributed by atoms with Gasteiger partial charge >= 0.3 is 59.1 Å².